The van der Waals surface area contributed by atoms with Crippen molar-refractivity contribution in [1.82, 2.24) is 0 Å². The van der Waals surface area contributed by atoms with Crippen molar-refractivity contribution in [3.63, 3.8) is 0 Å². The van der Waals surface area contributed by atoms with Crippen LogP contribution in [0.15, 0.2) is 30.3 Å². The molecule has 102 valence electrons. The molecule has 1 aromatic rings. The molecule has 0 spiro atoms. The summed E-state index contributed by atoms with van der Waals surface area (Å²) in [4.78, 5) is 0. The molecule has 1 rings (SSSR count). The molecule has 5 heteroatoms. The van der Waals surface area contributed by atoms with Crippen molar-refractivity contribution >= 4 is 10.1 Å². The van der Waals surface area contributed by atoms with Gasteiger partial charge >= 0.3 is 0 Å². The van der Waals surface area contributed by atoms with Crippen LogP contribution in [0.4, 0.5) is 0 Å². The van der Waals surface area contributed by atoms with E-state index >= 15 is 0 Å². The molecule has 0 radical (unpaired) electrons. The molecule has 0 amide bonds. The molecular formula is C13H20O4S. The first-order chi connectivity index (χ1) is 8.37. The summed E-state index contributed by atoms with van der Waals surface area (Å²) in [5.41, 5.74) is 1.10. The van der Waals surface area contributed by atoms with Crippen LogP contribution in [0.2, 0.25) is 0 Å². The van der Waals surface area contributed by atoms with Gasteiger partial charge in [-0.3, -0.25) is 4.18 Å². The highest BCUT2D eigenvalue weighted by Crippen LogP contribution is 2.10. The lowest BCUT2D eigenvalue weighted by atomic mass is 10.2. The standard InChI is InChI=1S/C13H20O4S/c1-11(9-12(2)17-18(3,14)15)16-10-13-7-5-4-6-8-13/h4-8,11-12H,9-10H2,1-3H3/t11-,12+/m0/s1. The van der Waals surface area contributed by atoms with Crippen LogP contribution in [-0.2, 0) is 25.6 Å². The first kappa shape index (κ1) is 15.1. The Balaban J connectivity index is 2.31. The minimum absolute atomic E-state index is 0.0537. The molecule has 1 aromatic carbocycles. The predicted octanol–water partition coefficient (Wildman–Crippen LogP) is 2.35. The molecule has 0 heterocycles. The van der Waals surface area contributed by atoms with Gasteiger partial charge in [0.1, 0.15) is 0 Å². The molecule has 18 heavy (non-hydrogen) atoms. The van der Waals surface area contributed by atoms with Crippen molar-refractivity contribution in [3.05, 3.63) is 35.9 Å². The molecule has 0 bridgehead atoms. The molecule has 0 saturated carbocycles. The summed E-state index contributed by atoms with van der Waals surface area (Å²) in [5.74, 6) is 0. The van der Waals surface area contributed by atoms with Gasteiger partial charge in [0, 0.05) is 6.42 Å². The van der Waals surface area contributed by atoms with E-state index in [9.17, 15) is 8.42 Å². The van der Waals surface area contributed by atoms with E-state index in [1.165, 1.54) is 0 Å². The SMILES string of the molecule is C[C@H](C[C@H](C)OCc1ccccc1)OS(C)(=O)=O. The van der Waals surface area contributed by atoms with Gasteiger partial charge in [0.05, 0.1) is 25.1 Å². The molecule has 0 unspecified atom stereocenters. The van der Waals surface area contributed by atoms with E-state index in [4.69, 9.17) is 8.92 Å². The highest BCUT2D eigenvalue weighted by atomic mass is 32.2. The van der Waals surface area contributed by atoms with Gasteiger partial charge in [-0.2, -0.15) is 8.42 Å². The smallest absolute Gasteiger partial charge is 0.264 e. The number of hydrogen-bond donors (Lipinski definition) is 0. The van der Waals surface area contributed by atoms with Crippen LogP contribution >= 0.6 is 0 Å². The van der Waals surface area contributed by atoms with E-state index in [1.807, 2.05) is 37.3 Å². The Kier molecular flexibility index (Phi) is 5.78. The van der Waals surface area contributed by atoms with Crippen molar-refractivity contribution in [2.75, 3.05) is 6.26 Å². The Labute approximate surface area is 109 Å². The number of ether oxygens (including phenoxy) is 1. The number of benzene rings is 1. The van der Waals surface area contributed by atoms with Crippen LogP contribution in [0.25, 0.3) is 0 Å². The first-order valence-corrected chi connectivity index (χ1v) is 7.72. The van der Waals surface area contributed by atoms with Crippen LogP contribution in [0.5, 0.6) is 0 Å². The fraction of sp³-hybridized carbons (Fsp3) is 0.538. The lowest BCUT2D eigenvalue weighted by molar-refractivity contribution is 0.0255. The van der Waals surface area contributed by atoms with E-state index in [-0.39, 0.29) is 12.2 Å². The van der Waals surface area contributed by atoms with Gasteiger partial charge in [-0.05, 0) is 19.4 Å². The van der Waals surface area contributed by atoms with E-state index in [2.05, 4.69) is 0 Å². The van der Waals surface area contributed by atoms with E-state index in [1.54, 1.807) is 6.92 Å². The van der Waals surface area contributed by atoms with Gasteiger partial charge in [0.15, 0.2) is 0 Å². The van der Waals surface area contributed by atoms with Gasteiger partial charge in [-0.1, -0.05) is 30.3 Å². The lowest BCUT2D eigenvalue weighted by Crippen LogP contribution is -2.21. The summed E-state index contributed by atoms with van der Waals surface area (Å²) in [6, 6.07) is 9.85. The topological polar surface area (TPSA) is 52.6 Å². The van der Waals surface area contributed by atoms with Crippen molar-refractivity contribution in [1.29, 1.82) is 0 Å². The predicted molar refractivity (Wildman–Crippen MR) is 70.7 cm³/mol. The van der Waals surface area contributed by atoms with Gasteiger partial charge in [0.2, 0.25) is 0 Å². The Morgan fingerprint density at radius 2 is 1.72 bits per heavy atom. The number of rotatable bonds is 7. The maximum absolute atomic E-state index is 10.9. The molecule has 0 aromatic heterocycles. The van der Waals surface area contributed by atoms with E-state index in [0.717, 1.165) is 11.8 Å². The largest absolute Gasteiger partial charge is 0.374 e. The Hall–Kier alpha value is -0.910. The van der Waals surface area contributed by atoms with Gasteiger partial charge < -0.3 is 4.74 Å². The van der Waals surface area contributed by atoms with Crippen LogP contribution < -0.4 is 0 Å². The Morgan fingerprint density at radius 1 is 1.11 bits per heavy atom. The minimum atomic E-state index is -3.39. The minimum Gasteiger partial charge on any atom is -0.374 e. The highest BCUT2D eigenvalue weighted by molar-refractivity contribution is 7.86. The average Bonchev–Trinajstić information content (AvgIpc) is 2.25. The van der Waals surface area contributed by atoms with Crippen LogP contribution in [0, 0.1) is 0 Å². The second-order valence-corrected chi connectivity index (χ2v) is 6.05. The van der Waals surface area contributed by atoms with Gasteiger partial charge in [0.25, 0.3) is 10.1 Å². The van der Waals surface area contributed by atoms with Crippen LogP contribution in [-0.4, -0.2) is 26.9 Å². The maximum Gasteiger partial charge on any atom is 0.264 e. The summed E-state index contributed by atoms with van der Waals surface area (Å²) >= 11 is 0. The molecule has 4 nitrogen and oxygen atoms in total. The fourth-order valence-corrected chi connectivity index (χ4v) is 2.36. The monoisotopic (exact) mass is 272 g/mol. The van der Waals surface area contributed by atoms with Gasteiger partial charge in [-0.25, -0.2) is 0 Å². The second-order valence-electron chi connectivity index (χ2n) is 4.45. The Bertz CT molecular complexity index is 441. The zero-order valence-corrected chi connectivity index (χ0v) is 11.8. The molecule has 0 N–H and O–H groups in total. The van der Waals surface area contributed by atoms with E-state index in [0.29, 0.717) is 13.0 Å². The molecule has 0 aliphatic heterocycles. The summed E-state index contributed by atoms with van der Waals surface area (Å²) in [6.07, 6.45) is 1.17. The normalized spacial score (nSPS) is 15.3. The average molecular weight is 272 g/mol. The third-order valence-electron chi connectivity index (χ3n) is 2.38. The molecular weight excluding hydrogens is 252 g/mol. The zero-order valence-electron chi connectivity index (χ0n) is 11.0. The third kappa shape index (κ3) is 6.74. The molecule has 0 saturated heterocycles. The Morgan fingerprint density at radius 3 is 2.28 bits per heavy atom. The quantitative estimate of drug-likeness (QED) is 0.715. The van der Waals surface area contributed by atoms with Crippen molar-refractivity contribution in [2.45, 2.75) is 39.1 Å². The van der Waals surface area contributed by atoms with Gasteiger partial charge in [-0.15, -0.1) is 0 Å². The van der Waals surface area contributed by atoms with Crippen LogP contribution in [0.1, 0.15) is 25.8 Å². The van der Waals surface area contributed by atoms with Crippen molar-refractivity contribution in [3.8, 4) is 0 Å². The first-order valence-electron chi connectivity index (χ1n) is 5.90. The lowest BCUT2D eigenvalue weighted by Gasteiger charge is -2.17. The maximum atomic E-state index is 10.9. The molecule has 0 fully saturated rings. The fourth-order valence-electron chi connectivity index (χ4n) is 1.69. The summed E-state index contributed by atoms with van der Waals surface area (Å²) < 4.78 is 32.4. The zero-order chi connectivity index (χ0) is 13.6. The summed E-state index contributed by atoms with van der Waals surface area (Å²) in [6.45, 7) is 4.15. The number of hydrogen-bond acceptors (Lipinski definition) is 4. The molecule has 0 aliphatic carbocycles. The second kappa shape index (κ2) is 6.87. The van der Waals surface area contributed by atoms with Crippen molar-refractivity contribution < 1.29 is 17.3 Å². The molecule has 0 aliphatic rings. The van der Waals surface area contributed by atoms with Crippen LogP contribution in [0.3, 0.4) is 0 Å². The van der Waals surface area contributed by atoms with E-state index < -0.39 is 10.1 Å². The highest BCUT2D eigenvalue weighted by Gasteiger charge is 2.14. The third-order valence-corrected chi connectivity index (χ3v) is 3.06. The summed E-state index contributed by atoms with van der Waals surface area (Å²) in [5, 5.41) is 0. The molecule has 2 atom stereocenters. The summed E-state index contributed by atoms with van der Waals surface area (Å²) in [7, 11) is -3.39. The van der Waals surface area contributed by atoms with Crippen molar-refractivity contribution in [2.24, 2.45) is 0 Å².